The SMILES string of the molecule is OCC(Br)(Br)C(Br)(Br)C(Br)(Br)C(Br)(Br)C(Br)(Br)CBr. The topological polar surface area (TPSA) is 20.2 Å². The van der Waals surface area contributed by atoms with Crippen LogP contribution in [0.2, 0.25) is 0 Å². The van der Waals surface area contributed by atoms with Crippen molar-refractivity contribution in [2.24, 2.45) is 0 Å². The van der Waals surface area contributed by atoms with Crippen LogP contribution in [0.1, 0.15) is 0 Å². The summed E-state index contributed by atoms with van der Waals surface area (Å²) in [5.41, 5.74) is 0. The predicted octanol–water partition coefficient (Wildman–Crippen LogP) is 7.80. The summed E-state index contributed by atoms with van der Waals surface area (Å²) < 4.78 is -3.82. The van der Waals surface area contributed by atoms with Crippen LogP contribution in [0.4, 0.5) is 0 Å². The number of hydrogen-bond donors (Lipinski definition) is 1. The summed E-state index contributed by atoms with van der Waals surface area (Å²) in [7, 11) is 0. The Morgan fingerprint density at radius 1 is 0.579 bits per heavy atom. The molecule has 0 unspecified atom stereocenters. The summed E-state index contributed by atoms with van der Waals surface area (Å²) in [6, 6.07) is 0. The molecular weight excluding hydrogens is 979 g/mol. The maximum absolute atomic E-state index is 9.56. The van der Waals surface area contributed by atoms with Crippen molar-refractivity contribution in [3.8, 4) is 0 Å². The first-order chi connectivity index (χ1) is 8.12. The highest BCUT2D eigenvalue weighted by molar-refractivity contribution is 9.35. The molecule has 0 aliphatic carbocycles. The molecule has 12 heteroatoms. The third-order valence-electron chi connectivity index (χ3n) is 2.07. The molecule has 0 aromatic rings. The smallest absolute Gasteiger partial charge is 0.135 e. The summed E-state index contributed by atoms with van der Waals surface area (Å²) >= 11 is 39.4. The Morgan fingerprint density at radius 3 is 1.16 bits per heavy atom. The molecule has 0 radical (unpaired) electrons. The zero-order chi connectivity index (χ0) is 15.9. The van der Waals surface area contributed by atoms with Crippen LogP contribution in [0, 0.1) is 0 Å². The lowest BCUT2D eigenvalue weighted by atomic mass is 10.1. The average Bonchev–Trinajstić information content (AvgIpc) is 2.27. The lowest BCUT2D eigenvalue weighted by molar-refractivity contribution is 0.282. The molecule has 0 rings (SSSR count). The van der Waals surface area contributed by atoms with E-state index in [9.17, 15) is 5.11 Å². The van der Waals surface area contributed by atoms with Crippen molar-refractivity contribution in [1.29, 1.82) is 0 Å². The fourth-order valence-electron chi connectivity index (χ4n) is 0.840. The fourth-order valence-corrected chi connectivity index (χ4v) is 9.47. The largest absolute Gasteiger partial charge is 0.394 e. The Kier molecular flexibility index (Phi) is 10.6. The predicted molar refractivity (Wildman–Crippen MR) is 124 cm³/mol. The Labute approximate surface area is 204 Å². The third-order valence-corrected chi connectivity index (χ3v) is 23.8. The minimum absolute atomic E-state index is 0.176. The van der Waals surface area contributed by atoms with Crippen LogP contribution in [0.15, 0.2) is 0 Å². The van der Waals surface area contributed by atoms with Crippen LogP contribution < -0.4 is 0 Å². The van der Waals surface area contributed by atoms with Crippen molar-refractivity contribution in [3.63, 3.8) is 0 Å². The van der Waals surface area contributed by atoms with Gasteiger partial charge in [-0.05, 0) is 0 Å². The molecule has 0 heterocycles. The molecule has 0 fully saturated rings. The minimum Gasteiger partial charge on any atom is -0.394 e. The maximum atomic E-state index is 9.56. The van der Waals surface area contributed by atoms with Crippen molar-refractivity contribution < 1.29 is 5.11 Å². The number of alkyl halides is 11. The van der Waals surface area contributed by atoms with Gasteiger partial charge in [-0.3, -0.25) is 0 Å². The van der Waals surface area contributed by atoms with E-state index in [1.807, 2.05) is 0 Å². The van der Waals surface area contributed by atoms with Crippen molar-refractivity contribution in [2.45, 2.75) is 16.2 Å². The van der Waals surface area contributed by atoms with E-state index >= 15 is 0 Å². The quantitative estimate of drug-likeness (QED) is 0.270. The van der Waals surface area contributed by atoms with E-state index in [4.69, 9.17) is 0 Å². The molecule has 0 aromatic carbocycles. The summed E-state index contributed by atoms with van der Waals surface area (Å²) in [5.74, 6) is 0. The number of halogens is 11. The van der Waals surface area contributed by atoms with Gasteiger partial charge in [0.15, 0.2) is 0 Å². The monoisotopic (exact) mass is 973 g/mol. The van der Waals surface area contributed by atoms with Crippen LogP contribution in [0.5, 0.6) is 0 Å². The van der Waals surface area contributed by atoms with E-state index in [-0.39, 0.29) is 6.61 Å². The van der Waals surface area contributed by atoms with E-state index < -0.39 is 16.2 Å². The number of aliphatic hydroxyl groups excluding tert-OH is 1. The van der Waals surface area contributed by atoms with Crippen LogP contribution in [-0.4, -0.2) is 33.2 Å². The van der Waals surface area contributed by atoms with E-state index in [2.05, 4.69) is 175 Å². The molecule has 0 aliphatic heterocycles. The molecule has 0 spiro atoms. The van der Waals surface area contributed by atoms with Crippen LogP contribution in [-0.2, 0) is 0 Å². The first kappa shape index (κ1) is 24.2. The van der Waals surface area contributed by atoms with E-state index in [1.165, 1.54) is 0 Å². The Hall–Kier alpha value is 5.24. The number of rotatable bonds is 6. The zero-order valence-corrected chi connectivity index (χ0v) is 26.0. The lowest BCUT2D eigenvalue weighted by Gasteiger charge is -2.51. The van der Waals surface area contributed by atoms with Crippen LogP contribution in [0.25, 0.3) is 0 Å². The fraction of sp³-hybridized carbons (Fsp3) is 1.00. The molecule has 19 heavy (non-hydrogen) atoms. The van der Waals surface area contributed by atoms with Gasteiger partial charge < -0.3 is 5.11 Å². The summed E-state index contributed by atoms with van der Waals surface area (Å²) in [6.07, 6.45) is 0. The van der Waals surface area contributed by atoms with Crippen LogP contribution >= 0.6 is 175 Å². The highest BCUT2D eigenvalue weighted by Gasteiger charge is 2.69. The highest BCUT2D eigenvalue weighted by Crippen LogP contribution is 2.70. The van der Waals surface area contributed by atoms with Crippen molar-refractivity contribution >= 4 is 175 Å². The highest BCUT2D eigenvalue weighted by atomic mass is 79.9. The van der Waals surface area contributed by atoms with Gasteiger partial charge in [-0.25, -0.2) is 0 Å². The average molecular weight is 984 g/mol. The Balaban J connectivity index is 5.86. The normalized spacial score (nSPS) is 15.8. The van der Waals surface area contributed by atoms with Gasteiger partial charge in [0.25, 0.3) is 0 Å². The number of hydrogen-bond acceptors (Lipinski definition) is 1. The molecular formula is C7H5Br11O. The Morgan fingerprint density at radius 2 is 0.895 bits per heavy atom. The van der Waals surface area contributed by atoms with Gasteiger partial charge in [0.05, 0.1) is 6.61 Å². The first-order valence-corrected chi connectivity index (χ1v) is 13.2. The van der Waals surface area contributed by atoms with Gasteiger partial charge in [-0.2, -0.15) is 0 Å². The minimum atomic E-state index is -0.852. The molecule has 0 saturated carbocycles. The third kappa shape index (κ3) is 4.70. The van der Waals surface area contributed by atoms with Gasteiger partial charge in [-0.1, -0.05) is 175 Å². The molecule has 116 valence electrons. The zero-order valence-electron chi connectivity index (χ0n) is 8.52. The summed E-state index contributed by atoms with van der Waals surface area (Å²) in [5, 5.41) is 10.1. The first-order valence-electron chi connectivity index (χ1n) is 4.18. The molecule has 1 nitrogen and oxygen atoms in total. The molecule has 0 bridgehead atoms. The van der Waals surface area contributed by atoms with E-state index in [0.717, 1.165) is 0 Å². The van der Waals surface area contributed by atoms with Crippen LogP contribution in [0.3, 0.4) is 0 Å². The molecule has 0 aromatic heterocycles. The molecule has 0 atom stereocenters. The maximum Gasteiger partial charge on any atom is 0.135 e. The molecule has 0 saturated heterocycles. The van der Waals surface area contributed by atoms with Gasteiger partial charge >= 0.3 is 0 Å². The molecule has 0 amide bonds. The van der Waals surface area contributed by atoms with E-state index in [0.29, 0.717) is 5.33 Å². The second-order valence-corrected chi connectivity index (χ2v) is 21.9. The Bertz CT molecular complexity index is 293. The van der Waals surface area contributed by atoms with Crippen molar-refractivity contribution in [2.75, 3.05) is 11.9 Å². The second kappa shape index (κ2) is 8.29. The van der Waals surface area contributed by atoms with Gasteiger partial charge in [0.1, 0.15) is 16.2 Å². The van der Waals surface area contributed by atoms with Gasteiger partial charge in [-0.15, -0.1) is 0 Å². The summed E-state index contributed by atoms with van der Waals surface area (Å²) in [6.45, 7) is -0.176. The van der Waals surface area contributed by atoms with Crippen molar-refractivity contribution in [3.05, 3.63) is 0 Å². The molecule has 0 aliphatic rings. The number of aliphatic hydroxyl groups is 1. The van der Waals surface area contributed by atoms with E-state index in [1.54, 1.807) is 0 Å². The van der Waals surface area contributed by atoms with Crippen molar-refractivity contribution in [1.82, 2.24) is 0 Å². The van der Waals surface area contributed by atoms with Gasteiger partial charge in [0.2, 0.25) is 0 Å². The lowest BCUT2D eigenvalue weighted by Crippen LogP contribution is -2.61. The standard InChI is InChI=1S/C7H5Br11O/c8-1-3(9,10)5(13,14)7(17,18)6(15,16)4(11,12)2-19/h19H,1-2H2. The van der Waals surface area contributed by atoms with Gasteiger partial charge in [0, 0.05) is 5.33 Å². The summed E-state index contributed by atoms with van der Waals surface area (Å²) in [4.78, 5) is 0. The second-order valence-electron chi connectivity index (χ2n) is 3.42. The molecule has 1 N–H and O–H groups in total.